The van der Waals surface area contributed by atoms with Crippen molar-refractivity contribution >= 4 is 35.0 Å². The van der Waals surface area contributed by atoms with Crippen LogP contribution in [0.5, 0.6) is 11.5 Å². The average molecular weight is 563 g/mol. The van der Waals surface area contributed by atoms with Crippen LogP contribution in [0.2, 0.25) is 10.0 Å². The number of hydrogen-bond donors (Lipinski definition) is 0. The molecule has 1 heterocycles. The van der Waals surface area contributed by atoms with E-state index in [2.05, 4.69) is 10.2 Å². The largest absolute Gasteiger partial charge is 0.493 e. The van der Waals surface area contributed by atoms with E-state index in [4.69, 9.17) is 32.7 Å². The summed E-state index contributed by atoms with van der Waals surface area (Å²) in [6, 6.07) is 16.3. The highest BCUT2D eigenvalue weighted by Crippen LogP contribution is 2.43. The van der Waals surface area contributed by atoms with Crippen LogP contribution in [-0.2, 0) is 6.61 Å². The SMILES string of the molecule is COc1cc([C@H](C[N+](=O)[O-])Sc2nnc(C)n2-c2ccc(F)cc2)cc(Cl)c1OCc1ccccc1Cl. The average Bonchev–Trinajstić information content (AvgIpc) is 3.23. The number of methoxy groups -OCH3 is 1. The highest BCUT2D eigenvalue weighted by Gasteiger charge is 2.26. The molecule has 0 bridgehead atoms. The van der Waals surface area contributed by atoms with Gasteiger partial charge in [0.25, 0.3) is 0 Å². The molecular formula is C25H21Cl2FN4O4S. The van der Waals surface area contributed by atoms with E-state index >= 15 is 0 Å². The summed E-state index contributed by atoms with van der Waals surface area (Å²) >= 11 is 13.9. The first kappa shape index (κ1) is 26.7. The van der Waals surface area contributed by atoms with E-state index in [0.717, 1.165) is 17.3 Å². The summed E-state index contributed by atoms with van der Waals surface area (Å²) in [7, 11) is 1.46. The lowest BCUT2D eigenvalue weighted by Gasteiger charge is -2.18. The number of aromatic nitrogens is 3. The number of nitrogens with zero attached hydrogens (tertiary/aromatic N) is 4. The number of benzene rings is 3. The van der Waals surface area contributed by atoms with E-state index in [0.29, 0.717) is 38.8 Å². The Morgan fingerprint density at radius 3 is 2.51 bits per heavy atom. The lowest BCUT2D eigenvalue weighted by atomic mass is 10.1. The second-order valence-electron chi connectivity index (χ2n) is 7.88. The zero-order valence-electron chi connectivity index (χ0n) is 19.7. The summed E-state index contributed by atoms with van der Waals surface area (Å²) in [4.78, 5) is 11.2. The molecule has 0 aliphatic heterocycles. The molecule has 0 amide bonds. The van der Waals surface area contributed by atoms with Crippen LogP contribution in [0.3, 0.4) is 0 Å². The number of ether oxygens (including phenoxy) is 2. The number of nitro groups is 1. The van der Waals surface area contributed by atoms with Gasteiger partial charge in [-0.25, -0.2) is 4.39 Å². The molecule has 37 heavy (non-hydrogen) atoms. The molecule has 0 unspecified atom stereocenters. The van der Waals surface area contributed by atoms with Crippen molar-refractivity contribution in [1.29, 1.82) is 0 Å². The Labute approximate surface area is 226 Å². The van der Waals surface area contributed by atoms with Gasteiger partial charge in [0.15, 0.2) is 16.7 Å². The molecule has 0 saturated carbocycles. The number of hydrogen-bond acceptors (Lipinski definition) is 7. The van der Waals surface area contributed by atoms with Gasteiger partial charge in [0.2, 0.25) is 6.54 Å². The summed E-state index contributed by atoms with van der Waals surface area (Å²) in [6.45, 7) is 1.48. The van der Waals surface area contributed by atoms with Gasteiger partial charge in [-0.3, -0.25) is 14.7 Å². The third-order valence-corrected chi connectivity index (χ3v) is 7.23. The van der Waals surface area contributed by atoms with Crippen LogP contribution in [0, 0.1) is 22.9 Å². The monoisotopic (exact) mass is 562 g/mol. The van der Waals surface area contributed by atoms with Crippen molar-refractivity contribution in [3.8, 4) is 17.2 Å². The van der Waals surface area contributed by atoms with E-state index in [-0.39, 0.29) is 17.4 Å². The van der Waals surface area contributed by atoms with Crippen molar-refractivity contribution in [3.05, 3.63) is 104 Å². The minimum atomic E-state index is -0.693. The molecule has 12 heteroatoms. The summed E-state index contributed by atoms with van der Waals surface area (Å²) in [5.41, 5.74) is 1.94. The third-order valence-electron chi connectivity index (χ3n) is 5.40. The number of thioether (sulfide) groups is 1. The Kier molecular flexibility index (Phi) is 8.52. The van der Waals surface area contributed by atoms with E-state index in [1.807, 2.05) is 18.2 Å². The van der Waals surface area contributed by atoms with E-state index in [9.17, 15) is 14.5 Å². The smallest absolute Gasteiger partial charge is 0.220 e. The fraction of sp³-hybridized carbons (Fsp3) is 0.200. The van der Waals surface area contributed by atoms with Gasteiger partial charge in [-0.15, -0.1) is 10.2 Å². The van der Waals surface area contributed by atoms with Crippen molar-refractivity contribution in [2.24, 2.45) is 0 Å². The minimum absolute atomic E-state index is 0.155. The summed E-state index contributed by atoms with van der Waals surface area (Å²) in [5.74, 6) is 0.782. The maximum absolute atomic E-state index is 13.5. The molecule has 0 aliphatic carbocycles. The molecule has 0 fully saturated rings. The highest BCUT2D eigenvalue weighted by atomic mass is 35.5. The Balaban J connectivity index is 1.66. The van der Waals surface area contributed by atoms with Crippen molar-refractivity contribution in [3.63, 3.8) is 0 Å². The molecule has 0 spiro atoms. The lowest BCUT2D eigenvalue weighted by molar-refractivity contribution is -0.479. The molecule has 8 nitrogen and oxygen atoms in total. The zero-order valence-corrected chi connectivity index (χ0v) is 22.1. The van der Waals surface area contributed by atoms with Crippen molar-refractivity contribution in [2.75, 3.05) is 13.7 Å². The predicted molar refractivity (Wildman–Crippen MR) is 140 cm³/mol. The van der Waals surface area contributed by atoms with Crippen LogP contribution >= 0.6 is 35.0 Å². The maximum Gasteiger partial charge on any atom is 0.220 e. The number of rotatable bonds is 10. The Bertz CT molecular complexity index is 1420. The second kappa shape index (κ2) is 11.8. The van der Waals surface area contributed by atoms with Gasteiger partial charge < -0.3 is 9.47 Å². The Morgan fingerprint density at radius 2 is 1.84 bits per heavy atom. The molecule has 0 aliphatic rings. The standard InChI is InChI=1S/C25H21Cl2FN4O4S/c1-15-29-30-25(32(15)19-9-7-18(28)8-10-19)37-23(13-31(33)34)17-11-21(27)24(22(12-17)35-2)36-14-16-5-3-4-6-20(16)26/h3-12,23H,13-14H2,1-2H3/t23-/m0/s1. The topological polar surface area (TPSA) is 92.3 Å². The van der Waals surface area contributed by atoms with Crippen LogP contribution in [0.25, 0.3) is 5.69 Å². The molecule has 192 valence electrons. The van der Waals surface area contributed by atoms with Gasteiger partial charge in [0.05, 0.1) is 12.1 Å². The first-order chi connectivity index (χ1) is 17.8. The highest BCUT2D eigenvalue weighted by molar-refractivity contribution is 7.99. The normalized spacial score (nSPS) is 11.8. The predicted octanol–water partition coefficient (Wildman–Crippen LogP) is 6.72. The molecule has 3 aromatic carbocycles. The summed E-state index contributed by atoms with van der Waals surface area (Å²) in [6.07, 6.45) is 0. The van der Waals surface area contributed by atoms with Crippen LogP contribution < -0.4 is 9.47 Å². The van der Waals surface area contributed by atoms with Gasteiger partial charge in [0, 0.05) is 21.2 Å². The van der Waals surface area contributed by atoms with Gasteiger partial charge in [-0.1, -0.05) is 53.2 Å². The molecule has 0 radical (unpaired) electrons. The fourth-order valence-corrected chi connectivity index (χ4v) is 5.23. The quantitative estimate of drug-likeness (QED) is 0.120. The van der Waals surface area contributed by atoms with E-state index in [1.165, 1.54) is 19.2 Å². The van der Waals surface area contributed by atoms with Crippen LogP contribution in [0.1, 0.15) is 22.2 Å². The minimum Gasteiger partial charge on any atom is -0.493 e. The van der Waals surface area contributed by atoms with Gasteiger partial charge in [-0.2, -0.15) is 0 Å². The molecule has 0 N–H and O–H groups in total. The van der Waals surface area contributed by atoms with Gasteiger partial charge in [0.1, 0.15) is 23.5 Å². The van der Waals surface area contributed by atoms with Crippen molar-refractivity contribution < 1.29 is 18.8 Å². The molecule has 1 aromatic heterocycles. The Hall–Kier alpha value is -3.34. The molecule has 0 saturated heterocycles. The fourth-order valence-electron chi connectivity index (χ4n) is 3.61. The van der Waals surface area contributed by atoms with Gasteiger partial charge in [-0.05, 0) is 55.0 Å². The molecule has 4 aromatic rings. The summed E-state index contributed by atoms with van der Waals surface area (Å²) in [5, 5.41) is 20.4. The third kappa shape index (κ3) is 6.33. The lowest BCUT2D eigenvalue weighted by Crippen LogP contribution is -2.12. The van der Waals surface area contributed by atoms with Crippen LogP contribution in [-0.4, -0.2) is 33.3 Å². The number of halogens is 3. The van der Waals surface area contributed by atoms with E-state index in [1.54, 1.807) is 41.8 Å². The van der Waals surface area contributed by atoms with Crippen LogP contribution in [0.15, 0.2) is 65.8 Å². The van der Waals surface area contributed by atoms with Crippen molar-refractivity contribution in [1.82, 2.24) is 14.8 Å². The van der Waals surface area contributed by atoms with Crippen LogP contribution in [0.4, 0.5) is 4.39 Å². The second-order valence-corrected chi connectivity index (χ2v) is 9.86. The first-order valence-corrected chi connectivity index (χ1v) is 12.6. The Morgan fingerprint density at radius 1 is 1.11 bits per heavy atom. The first-order valence-electron chi connectivity index (χ1n) is 11.0. The van der Waals surface area contributed by atoms with E-state index < -0.39 is 16.7 Å². The summed E-state index contributed by atoms with van der Waals surface area (Å²) < 4.78 is 26.6. The molecular weight excluding hydrogens is 542 g/mol. The number of aryl methyl sites for hydroxylation is 1. The molecule has 4 rings (SSSR count). The zero-order chi connectivity index (χ0) is 26.5. The van der Waals surface area contributed by atoms with Crippen molar-refractivity contribution in [2.45, 2.75) is 23.9 Å². The van der Waals surface area contributed by atoms with Gasteiger partial charge >= 0.3 is 0 Å². The molecule has 1 atom stereocenters. The maximum atomic E-state index is 13.5.